The maximum atomic E-state index is 8.92. The van der Waals surface area contributed by atoms with Crippen LogP contribution < -0.4 is 0 Å². The van der Waals surface area contributed by atoms with Crippen molar-refractivity contribution in [1.82, 2.24) is 0 Å². The minimum absolute atomic E-state index is 0.194. The summed E-state index contributed by atoms with van der Waals surface area (Å²) in [5.41, 5.74) is 1.19. The molecular formula is C15H22O3. The molecule has 0 spiro atoms. The van der Waals surface area contributed by atoms with E-state index in [0.29, 0.717) is 13.2 Å². The second kappa shape index (κ2) is 7.52. The first-order valence-electron chi connectivity index (χ1n) is 6.76. The van der Waals surface area contributed by atoms with Crippen LogP contribution in [0.15, 0.2) is 30.3 Å². The third-order valence-electron chi connectivity index (χ3n) is 3.30. The molecule has 2 atom stereocenters. The SMILES string of the molecule is OCC[C@H]1CCC[C@@H](COCc2ccccc2)O1. The second-order valence-electron chi connectivity index (χ2n) is 4.82. The highest BCUT2D eigenvalue weighted by molar-refractivity contribution is 5.13. The molecule has 1 heterocycles. The standard InChI is InChI=1S/C15H22O3/c16-10-9-14-7-4-8-15(18-14)12-17-11-13-5-2-1-3-6-13/h1-3,5-6,14-16H,4,7-12H2/t14-,15+/m1/s1. The molecule has 100 valence electrons. The van der Waals surface area contributed by atoms with Gasteiger partial charge in [0.05, 0.1) is 25.4 Å². The minimum Gasteiger partial charge on any atom is -0.396 e. The predicted octanol–water partition coefficient (Wildman–Crippen LogP) is 2.52. The van der Waals surface area contributed by atoms with Gasteiger partial charge in [0.1, 0.15) is 0 Å². The van der Waals surface area contributed by atoms with Crippen molar-refractivity contribution in [2.75, 3.05) is 13.2 Å². The number of hydrogen-bond acceptors (Lipinski definition) is 3. The summed E-state index contributed by atoms with van der Waals surface area (Å²) in [6.45, 7) is 1.50. The molecule has 0 amide bonds. The molecule has 0 aliphatic carbocycles. The van der Waals surface area contributed by atoms with Gasteiger partial charge in [0, 0.05) is 6.61 Å². The molecule has 0 radical (unpaired) electrons. The van der Waals surface area contributed by atoms with Crippen LogP contribution in [0.25, 0.3) is 0 Å². The van der Waals surface area contributed by atoms with Gasteiger partial charge >= 0.3 is 0 Å². The van der Waals surface area contributed by atoms with E-state index in [1.807, 2.05) is 18.2 Å². The molecule has 1 aliphatic rings. The molecule has 3 nitrogen and oxygen atoms in total. The monoisotopic (exact) mass is 250 g/mol. The Morgan fingerprint density at radius 1 is 1.17 bits per heavy atom. The normalized spacial score (nSPS) is 24.1. The maximum Gasteiger partial charge on any atom is 0.0812 e. The van der Waals surface area contributed by atoms with E-state index in [1.165, 1.54) is 12.0 Å². The Balaban J connectivity index is 1.67. The summed E-state index contributed by atoms with van der Waals surface area (Å²) in [6, 6.07) is 10.2. The molecule has 1 saturated heterocycles. The van der Waals surface area contributed by atoms with Crippen LogP contribution in [-0.2, 0) is 16.1 Å². The van der Waals surface area contributed by atoms with Gasteiger partial charge in [-0.15, -0.1) is 0 Å². The van der Waals surface area contributed by atoms with Crippen LogP contribution in [0, 0.1) is 0 Å². The molecule has 1 aliphatic heterocycles. The zero-order chi connectivity index (χ0) is 12.6. The van der Waals surface area contributed by atoms with E-state index in [9.17, 15) is 0 Å². The van der Waals surface area contributed by atoms with E-state index in [2.05, 4.69) is 12.1 Å². The highest BCUT2D eigenvalue weighted by Gasteiger charge is 2.21. The summed E-state index contributed by atoms with van der Waals surface area (Å²) in [4.78, 5) is 0. The van der Waals surface area contributed by atoms with Gasteiger partial charge in [-0.05, 0) is 31.2 Å². The molecule has 18 heavy (non-hydrogen) atoms. The van der Waals surface area contributed by atoms with Gasteiger partial charge in [0.25, 0.3) is 0 Å². The van der Waals surface area contributed by atoms with E-state index < -0.39 is 0 Å². The predicted molar refractivity (Wildman–Crippen MR) is 70.3 cm³/mol. The quantitative estimate of drug-likeness (QED) is 0.843. The fourth-order valence-electron chi connectivity index (χ4n) is 2.34. The van der Waals surface area contributed by atoms with Crippen molar-refractivity contribution in [3.8, 4) is 0 Å². The van der Waals surface area contributed by atoms with Crippen molar-refractivity contribution in [3.05, 3.63) is 35.9 Å². The van der Waals surface area contributed by atoms with Crippen LogP contribution in [0.1, 0.15) is 31.2 Å². The molecule has 1 N–H and O–H groups in total. The van der Waals surface area contributed by atoms with Crippen LogP contribution >= 0.6 is 0 Å². The third kappa shape index (κ3) is 4.41. The average molecular weight is 250 g/mol. The summed E-state index contributed by atoms with van der Waals surface area (Å²) in [6.07, 6.45) is 4.46. The molecule has 2 rings (SSSR count). The lowest BCUT2D eigenvalue weighted by Crippen LogP contribution is -2.31. The van der Waals surface area contributed by atoms with Crippen LogP contribution in [0.4, 0.5) is 0 Å². The van der Waals surface area contributed by atoms with E-state index in [0.717, 1.165) is 19.3 Å². The first kappa shape index (κ1) is 13.5. The zero-order valence-electron chi connectivity index (χ0n) is 10.8. The first-order valence-corrected chi connectivity index (χ1v) is 6.76. The van der Waals surface area contributed by atoms with Gasteiger partial charge < -0.3 is 14.6 Å². The lowest BCUT2D eigenvalue weighted by atomic mass is 10.0. The Hall–Kier alpha value is -0.900. The van der Waals surface area contributed by atoms with Gasteiger partial charge in [-0.25, -0.2) is 0 Å². The molecule has 1 aromatic rings. The minimum atomic E-state index is 0.194. The van der Waals surface area contributed by atoms with Crippen molar-refractivity contribution in [2.24, 2.45) is 0 Å². The van der Waals surface area contributed by atoms with Crippen LogP contribution in [0.2, 0.25) is 0 Å². The van der Waals surface area contributed by atoms with Gasteiger partial charge in [-0.3, -0.25) is 0 Å². The summed E-state index contributed by atoms with van der Waals surface area (Å²) >= 11 is 0. The van der Waals surface area contributed by atoms with Crippen molar-refractivity contribution < 1.29 is 14.6 Å². The summed E-state index contributed by atoms with van der Waals surface area (Å²) < 4.78 is 11.6. The van der Waals surface area contributed by atoms with Crippen LogP contribution in [0.5, 0.6) is 0 Å². The van der Waals surface area contributed by atoms with E-state index in [1.54, 1.807) is 0 Å². The molecule has 0 aromatic heterocycles. The first-order chi connectivity index (χ1) is 8.88. The smallest absolute Gasteiger partial charge is 0.0812 e. The number of aliphatic hydroxyl groups is 1. The van der Waals surface area contributed by atoms with Crippen molar-refractivity contribution >= 4 is 0 Å². The molecule has 0 unspecified atom stereocenters. The average Bonchev–Trinajstić information content (AvgIpc) is 2.41. The largest absolute Gasteiger partial charge is 0.396 e. The Kier molecular flexibility index (Phi) is 5.65. The summed E-state index contributed by atoms with van der Waals surface area (Å²) in [5, 5.41) is 8.92. The highest BCUT2D eigenvalue weighted by atomic mass is 16.5. The lowest BCUT2D eigenvalue weighted by molar-refractivity contribution is -0.0941. The zero-order valence-corrected chi connectivity index (χ0v) is 10.8. The van der Waals surface area contributed by atoms with Gasteiger partial charge in [-0.2, -0.15) is 0 Å². The Morgan fingerprint density at radius 3 is 2.72 bits per heavy atom. The molecule has 0 saturated carbocycles. The van der Waals surface area contributed by atoms with E-state index >= 15 is 0 Å². The molecule has 1 aromatic carbocycles. The van der Waals surface area contributed by atoms with Gasteiger partial charge in [-0.1, -0.05) is 30.3 Å². The summed E-state index contributed by atoms with van der Waals surface area (Å²) in [5.74, 6) is 0. The van der Waals surface area contributed by atoms with Gasteiger partial charge in [0.15, 0.2) is 0 Å². The number of hydrogen-bond donors (Lipinski definition) is 1. The molecule has 3 heteroatoms. The summed E-state index contributed by atoms with van der Waals surface area (Å²) in [7, 11) is 0. The van der Waals surface area contributed by atoms with Crippen molar-refractivity contribution in [2.45, 2.75) is 44.5 Å². The van der Waals surface area contributed by atoms with E-state index in [4.69, 9.17) is 14.6 Å². The Morgan fingerprint density at radius 2 is 1.94 bits per heavy atom. The van der Waals surface area contributed by atoms with E-state index in [-0.39, 0.29) is 18.8 Å². The topological polar surface area (TPSA) is 38.7 Å². The Bertz CT molecular complexity index is 324. The lowest BCUT2D eigenvalue weighted by Gasteiger charge is -2.29. The molecule has 0 bridgehead atoms. The number of benzene rings is 1. The van der Waals surface area contributed by atoms with Crippen molar-refractivity contribution in [3.63, 3.8) is 0 Å². The number of ether oxygens (including phenoxy) is 2. The number of rotatable bonds is 6. The second-order valence-corrected chi connectivity index (χ2v) is 4.82. The maximum absolute atomic E-state index is 8.92. The molecular weight excluding hydrogens is 228 g/mol. The highest BCUT2D eigenvalue weighted by Crippen LogP contribution is 2.21. The number of aliphatic hydroxyl groups excluding tert-OH is 1. The van der Waals surface area contributed by atoms with Gasteiger partial charge in [0.2, 0.25) is 0 Å². The molecule has 1 fully saturated rings. The van der Waals surface area contributed by atoms with Crippen molar-refractivity contribution in [1.29, 1.82) is 0 Å². The third-order valence-corrected chi connectivity index (χ3v) is 3.30. The Labute approximate surface area is 109 Å². The fourth-order valence-corrected chi connectivity index (χ4v) is 2.34. The van der Waals surface area contributed by atoms with Crippen LogP contribution in [0.3, 0.4) is 0 Å². The van der Waals surface area contributed by atoms with Crippen LogP contribution in [-0.4, -0.2) is 30.5 Å². The fraction of sp³-hybridized carbons (Fsp3) is 0.600.